The fourth-order valence-corrected chi connectivity index (χ4v) is 2.68. The molecule has 0 atom stereocenters. The van der Waals surface area contributed by atoms with Crippen LogP contribution in [0.2, 0.25) is 0 Å². The fraction of sp³-hybridized carbons (Fsp3) is 0.412. The molecule has 0 radical (unpaired) electrons. The SMILES string of the molecule is Cc1cc(CNC(=O)NCc2ccccc2N2CCOCC2)no1. The Morgan fingerprint density at radius 3 is 2.71 bits per heavy atom. The van der Waals surface area contributed by atoms with E-state index in [-0.39, 0.29) is 6.03 Å². The molecular weight excluding hydrogens is 308 g/mol. The quantitative estimate of drug-likeness (QED) is 0.874. The lowest BCUT2D eigenvalue weighted by Gasteiger charge is -2.30. The molecule has 2 amide bonds. The number of rotatable bonds is 5. The van der Waals surface area contributed by atoms with Gasteiger partial charge in [0.05, 0.1) is 19.8 Å². The van der Waals surface area contributed by atoms with Gasteiger partial charge in [0.2, 0.25) is 0 Å². The number of aromatic nitrogens is 1. The van der Waals surface area contributed by atoms with E-state index in [2.05, 4.69) is 26.8 Å². The van der Waals surface area contributed by atoms with Crippen molar-refractivity contribution in [3.05, 3.63) is 47.3 Å². The predicted molar refractivity (Wildman–Crippen MR) is 89.8 cm³/mol. The lowest BCUT2D eigenvalue weighted by atomic mass is 10.1. The Kier molecular flexibility index (Phi) is 5.32. The molecule has 0 unspecified atom stereocenters. The third-order valence-electron chi connectivity index (χ3n) is 3.89. The van der Waals surface area contributed by atoms with Crippen LogP contribution in [0.4, 0.5) is 10.5 Å². The van der Waals surface area contributed by atoms with E-state index in [1.807, 2.05) is 25.1 Å². The topological polar surface area (TPSA) is 79.6 Å². The van der Waals surface area contributed by atoms with Crippen LogP contribution < -0.4 is 15.5 Å². The van der Waals surface area contributed by atoms with Gasteiger partial charge in [0.1, 0.15) is 11.5 Å². The summed E-state index contributed by atoms with van der Waals surface area (Å²) in [5.74, 6) is 0.728. The Hall–Kier alpha value is -2.54. The Bertz CT molecular complexity index is 680. The van der Waals surface area contributed by atoms with Gasteiger partial charge in [-0.15, -0.1) is 0 Å². The zero-order chi connectivity index (χ0) is 16.8. The van der Waals surface area contributed by atoms with Crippen molar-refractivity contribution < 1.29 is 14.1 Å². The van der Waals surface area contributed by atoms with E-state index in [4.69, 9.17) is 9.26 Å². The number of hydrogen-bond donors (Lipinski definition) is 2. The number of para-hydroxylation sites is 1. The maximum atomic E-state index is 12.0. The number of nitrogens with one attached hydrogen (secondary N) is 2. The van der Waals surface area contributed by atoms with Crippen molar-refractivity contribution in [3.8, 4) is 0 Å². The number of nitrogens with zero attached hydrogens (tertiary/aromatic N) is 2. The van der Waals surface area contributed by atoms with Gasteiger partial charge in [-0.25, -0.2) is 4.79 Å². The van der Waals surface area contributed by atoms with Gasteiger partial charge < -0.3 is 24.8 Å². The number of carbonyl (C=O) groups is 1. The molecule has 0 bridgehead atoms. The van der Waals surface area contributed by atoms with E-state index >= 15 is 0 Å². The fourth-order valence-electron chi connectivity index (χ4n) is 2.68. The number of anilines is 1. The van der Waals surface area contributed by atoms with Crippen molar-refractivity contribution in [2.75, 3.05) is 31.2 Å². The van der Waals surface area contributed by atoms with Crippen molar-refractivity contribution in [1.82, 2.24) is 15.8 Å². The van der Waals surface area contributed by atoms with Crippen LogP contribution in [0.3, 0.4) is 0 Å². The van der Waals surface area contributed by atoms with Crippen LogP contribution in [0.25, 0.3) is 0 Å². The normalized spacial score (nSPS) is 14.5. The second kappa shape index (κ2) is 7.83. The average Bonchev–Trinajstić information content (AvgIpc) is 3.04. The first-order valence-corrected chi connectivity index (χ1v) is 8.07. The molecule has 2 N–H and O–H groups in total. The van der Waals surface area contributed by atoms with E-state index in [0.29, 0.717) is 18.8 Å². The third-order valence-corrected chi connectivity index (χ3v) is 3.89. The van der Waals surface area contributed by atoms with Gasteiger partial charge >= 0.3 is 6.03 Å². The van der Waals surface area contributed by atoms with Gasteiger partial charge in [0.15, 0.2) is 0 Å². The molecule has 128 valence electrons. The summed E-state index contributed by atoms with van der Waals surface area (Å²) in [4.78, 5) is 14.3. The second-order valence-corrected chi connectivity index (χ2v) is 5.69. The Balaban J connectivity index is 1.53. The molecule has 1 fully saturated rings. The molecule has 0 aliphatic carbocycles. The molecule has 24 heavy (non-hydrogen) atoms. The highest BCUT2D eigenvalue weighted by Crippen LogP contribution is 2.21. The summed E-state index contributed by atoms with van der Waals surface area (Å²) in [5.41, 5.74) is 2.94. The summed E-state index contributed by atoms with van der Waals surface area (Å²) in [6, 6.07) is 9.68. The van der Waals surface area contributed by atoms with Gasteiger partial charge in [-0.05, 0) is 18.6 Å². The molecule has 0 saturated carbocycles. The molecule has 7 heteroatoms. The van der Waals surface area contributed by atoms with Crippen molar-refractivity contribution in [2.45, 2.75) is 20.0 Å². The largest absolute Gasteiger partial charge is 0.378 e. The lowest BCUT2D eigenvalue weighted by molar-refractivity contribution is 0.122. The second-order valence-electron chi connectivity index (χ2n) is 5.69. The highest BCUT2D eigenvalue weighted by molar-refractivity contribution is 5.74. The van der Waals surface area contributed by atoms with E-state index in [0.717, 1.165) is 43.3 Å². The van der Waals surface area contributed by atoms with Crippen molar-refractivity contribution in [2.24, 2.45) is 0 Å². The summed E-state index contributed by atoms with van der Waals surface area (Å²) in [6.07, 6.45) is 0. The van der Waals surface area contributed by atoms with Crippen LogP contribution in [-0.2, 0) is 17.8 Å². The molecule has 2 aromatic rings. The highest BCUT2D eigenvalue weighted by atomic mass is 16.5. The zero-order valence-electron chi connectivity index (χ0n) is 13.7. The smallest absolute Gasteiger partial charge is 0.315 e. The van der Waals surface area contributed by atoms with Crippen LogP contribution in [0.1, 0.15) is 17.0 Å². The number of morpholine rings is 1. The monoisotopic (exact) mass is 330 g/mol. The van der Waals surface area contributed by atoms with Crippen molar-refractivity contribution in [1.29, 1.82) is 0 Å². The summed E-state index contributed by atoms with van der Waals surface area (Å²) in [6.45, 7) is 5.84. The van der Waals surface area contributed by atoms with Gasteiger partial charge in [0, 0.05) is 31.4 Å². The first-order valence-electron chi connectivity index (χ1n) is 8.07. The van der Waals surface area contributed by atoms with Crippen LogP contribution in [0.15, 0.2) is 34.9 Å². The maximum absolute atomic E-state index is 12.0. The molecule has 3 rings (SSSR count). The summed E-state index contributed by atoms with van der Waals surface area (Å²) < 4.78 is 10.4. The summed E-state index contributed by atoms with van der Waals surface area (Å²) in [7, 11) is 0. The molecule has 1 aromatic carbocycles. The molecule has 2 heterocycles. The number of hydrogen-bond acceptors (Lipinski definition) is 5. The van der Waals surface area contributed by atoms with Gasteiger partial charge in [-0.3, -0.25) is 0 Å². The zero-order valence-corrected chi connectivity index (χ0v) is 13.7. The summed E-state index contributed by atoms with van der Waals surface area (Å²) >= 11 is 0. The Morgan fingerprint density at radius 1 is 1.21 bits per heavy atom. The molecule has 1 aromatic heterocycles. The highest BCUT2D eigenvalue weighted by Gasteiger charge is 2.14. The standard InChI is InChI=1S/C17H22N4O3/c1-13-10-15(20-24-13)12-19-17(22)18-11-14-4-2-3-5-16(14)21-6-8-23-9-7-21/h2-5,10H,6-9,11-12H2,1H3,(H2,18,19,22). The van der Waals surface area contributed by atoms with Gasteiger partial charge in [-0.1, -0.05) is 23.4 Å². The van der Waals surface area contributed by atoms with Gasteiger partial charge in [-0.2, -0.15) is 0 Å². The number of benzene rings is 1. The third kappa shape index (κ3) is 4.26. The van der Waals surface area contributed by atoms with E-state index in [9.17, 15) is 4.79 Å². The molecule has 0 spiro atoms. The van der Waals surface area contributed by atoms with Crippen LogP contribution in [-0.4, -0.2) is 37.5 Å². The van der Waals surface area contributed by atoms with Crippen LogP contribution in [0, 0.1) is 6.92 Å². The minimum absolute atomic E-state index is 0.229. The number of aryl methyl sites for hydroxylation is 1. The molecule has 7 nitrogen and oxygen atoms in total. The number of ether oxygens (including phenoxy) is 1. The first kappa shape index (κ1) is 16.3. The number of carbonyl (C=O) groups excluding carboxylic acids is 1. The van der Waals surface area contributed by atoms with Gasteiger partial charge in [0.25, 0.3) is 0 Å². The first-order chi connectivity index (χ1) is 11.7. The minimum Gasteiger partial charge on any atom is -0.378 e. The number of amides is 2. The van der Waals surface area contributed by atoms with Crippen molar-refractivity contribution >= 4 is 11.7 Å². The van der Waals surface area contributed by atoms with E-state index < -0.39 is 0 Å². The van der Waals surface area contributed by atoms with Crippen molar-refractivity contribution in [3.63, 3.8) is 0 Å². The molecule has 1 saturated heterocycles. The molecular formula is C17H22N4O3. The van der Waals surface area contributed by atoms with Crippen LogP contribution >= 0.6 is 0 Å². The molecule has 1 aliphatic rings. The average molecular weight is 330 g/mol. The lowest BCUT2D eigenvalue weighted by Crippen LogP contribution is -2.38. The Labute approximate surface area is 141 Å². The number of urea groups is 1. The van der Waals surface area contributed by atoms with E-state index in [1.54, 1.807) is 6.07 Å². The maximum Gasteiger partial charge on any atom is 0.315 e. The summed E-state index contributed by atoms with van der Waals surface area (Å²) in [5, 5.41) is 9.51. The molecule has 1 aliphatic heterocycles. The van der Waals surface area contributed by atoms with E-state index in [1.165, 1.54) is 0 Å². The van der Waals surface area contributed by atoms with Crippen LogP contribution in [0.5, 0.6) is 0 Å². The predicted octanol–water partition coefficient (Wildman–Crippen LogP) is 1.82. The minimum atomic E-state index is -0.229. The Morgan fingerprint density at radius 2 is 1.96 bits per heavy atom.